The number of amides is 2. The minimum atomic E-state index is -0.668. The Bertz CT molecular complexity index is 1100. The summed E-state index contributed by atoms with van der Waals surface area (Å²) in [6.07, 6.45) is -0.548. The molecular formula is C21H21N3O5. The predicted molar refractivity (Wildman–Crippen MR) is 108 cm³/mol. The molecule has 2 amide bonds. The molecule has 1 aliphatic rings. The summed E-state index contributed by atoms with van der Waals surface area (Å²) in [5.74, 6) is 0.277. The maximum atomic E-state index is 13.3. The molecule has 8 heteroatoms. The van der Waals surface area contributed by atoms with Gasteiger partial charge < -0.3 is 19.2 Å². The van der Waals surface area contributed by atoms with Crippen molar-refractivity contribution in [1.29, 1.82) is 0 Å². The average molecular weight is 395 g/mol. The van der Waals surface area contributed by atoms with Gasteiger partial charge in [0.25, 0.3) is 0 Å². The number of nitrogens with zero attached hydrogens (tertiary/aromatic N) is 2. The fourth-order valence-electron chi connectivity index (χ4n) is 3.50. The maximum absolute atomic E-state index is 13.3. The largest absolute Gasteiger partial charge is 0.497 e. The molecule has 1 N–H and O–H groups in total. The monoisotopic (exact) mass is 395 g/mol. The molecule has 0 saturated heterocycles. The van der Waals surface area contributed by atoms with E-state index in [1.54, 1.807) is 38.3 Å². The minimum Gasteiger partial charge on any atom is -0.497 e. The van der Waals surface area contributed by atoms with Gasteiger partial charge in [0.1, 0.15) is 23.3 Å². The van der Waals surface area contributed by atoms with Crippen LogP contribution in [0.3, 0.4) is 0 Å². The Kier molecular flexibility index (Phi) is 4.85. The lowest BCUT2D eigenvalue weighted by Gasteiger charge is -2.34. The smallest absolute Gasteiger partial charge is 0.439 e. The first-order valence-electron chi connectivity index (χ1n) is 9.23. The van der Waals surface area contributed by atoms with Crippen molar-refractivity contribution in [2.45, 2.75) is 20.0 Å². The van der Waals surface area contributed by atoms with Gasteiger partial charge in [0.2, 0.25) is 0 Å². The summed E-state index contributed by atoms with van der Waals surface area (Å²) in [7, 11) is 1.54. The van der Waals surface area contributed by atoms with Gasteiger partial charge in [0, 0.05) is 23.9 Å². The lowest BCUT2D eigenvalue weighted by molar-refractivity contribution is 0.0827. The second kappa shape index (κ2) is 7.48. The Labute approximate surface area is 167 Å². The number of urea groups is 1. The number of hydrogen-bond donors (Lipinski definition) is 1. The number of ether oxygens (including phenoxy) is 2. The van der Waals surface area contributed by atoms with E-state index in [2.05, 4.69) is 5.32 Å². The highest BCUT2D eigenvalue weighted by Gasteiger charge is 2.39. The Hall–Kier alpha value is -3.52. The number of fused-ring (bicyclic) bond motifs is 2. The van der Waals surface area contributed by atoms with Gasteiger partial charge in [-0.2, -0.15) is 9.69 Å². The lowest BCUT2D eigenvalue weighted by atomic mass is 10.0. The van der Waals surface area contributed by atoms with Crippen LogP contribution in [0.4, 0.5) is 16.2 Å². The number of carbonyl (C=O) groups is 1. The number of aromatic nitrogens is 1. The van der Waals surface area contributed by atoms with Crippen LogP contribution < -0.4 is 20.8 Å². The minimum absolute atomic E-state index is 0.396. The van der Waals surface area contributed by atoms with Crippen molar-refractivity contribution in [3.63, 3.8) is 0 Å². The molecule has 3 aromatic rings. The van der Waals surface area contributed by atoms with Crippen LogP contribution >= 0.6 is 0 Å². The fraction of sp³-hybridized carbons (Fsp3) is 0.238. The summed E-state index contributed by atoms with van der Waals surface area (Å²) in [4.78, 5) is 25.9. The van der Waals surface area contributed by atoms with E-state index in [0.717, 1.165) is 5.56 Å². The summed E-state index contributed by atoms with van der Waals surface area (Å²) in [5.41, 5.74) is 2.30. The van der Waals surface area contributed by atoms with Crippen LogP contribution in [0.15, 0.2) is 57.7 Å². The Morgan fingerprint density at radius 2 is 1.97 bits per heavy atom. The van der Waals surface area contributed by atoms with Crippen molar-refractivity contribution < 1.29 is 18.7 Å². The quantitative estimate of drug-likeness (QED) is 0.728. The summed E-state index contributed by atoms with van der Waals surface area (Å²) < 4.78 is 17.8. The molecule has 1 aromatic heterocycles. The van der Waals surface area contributed by atoms with Gasteiger partial charge in [-0.05, 0) is 32.0 Å². The Morgan fingerprint density at radius 1 is 1.21 bits per heavy atom. The molecule has 1 aliphatic heterocycles. The zero-order valence-electron chi connectivity index (χ0n) is 16.3. The highest BCUT2D eigenvalue weighted by Crippen LogP contribution is 2.41. The first-order valence-corrected chi connectivity index (χ1v) is 9.23. The summed E-state index contributed by atoms with van der Waals surface area (Å²) in [5, 5.41) is 4.08. The number of hydrogen-bond acceptors (Lipinski definition) is 5. The third-order valence-corrected chi connectivity index (χ3v) is 4.75. The number of rotatable bonds is 4. The van der Waals surface area contributed by atoms with Crippen LogP contribution in [0.25, 0.3) is 0 Å². The SMILES string of the molecule is CCOC1c2ccc(OC)cc2N(C(=O)Nc2ccccc2)n2c1c(C)oc2=O. The average Bonchev–Trinajstić information content (AvgIpc) is 3.02. The molecule has 2 aromatic carbocycles. The van der Waals surface area contributed by atoms with Gasteiger partial charge in [-0.15, -0.1) is 0 Å². The molecule has 0 aliphatic carbocycles. The van der Waals surface area contributed by atoms with Gasteiger partial charge in [-0.1, -0.05) is 24.3 Å². The van der Waals surface area contributed by atoms with E-state index in [-0.39, 0.29) is 0 Å². The van der Waals surface area contributed by atoms with Crippen molar-refractivity contribution in [3.8, 4) is 5.75 Å². The molecule has 150 valence electrons. The van der Waals surface area contributed by atoms with Crippen LogP contribution in [0, 0.1) is 6.92 Å². The van der Waals surface area contributed by atoms with Crippen molar-refractivity contribution in [2.75, 3.05) is 24.0 Å². The first kappa shape index (κ1) is 18.8. The van der Waals surface area contributed by atoms with E-state index in [4.69, 9.17) is 13.9 Å². The van der Waals surface area contributed by atoms with Crippen LogP contribution in [-0.2, 0) is 4.74 Å². The molecule has 0 fully saturated rings. The van der Waals surface area contributed by atoms with Gasteiger partial charge in [-0.3, -0.25) is 0 Å². The Morgan fingerprint density at radius 3 is 2.66 bits per heavy atom. The molecule has 0 spiro atoms. The molecule has 1 atom stereocenters. The molecular weight excluding hydrogens is 374 g/mol. The molecule has 0 radical (unpaired) electrons. The maximum Gasteiger partial charge on any atom is 0.439 e. The normalized spacial score (nSPS) is 14.9. The van der Waals surface area contributed by atoms with E-state index >= 15 is 0 Å². The number of aryl methyl sites for hydroxylation is 1. The van der Waals surface area contributed by atoms with Crippen molar-refractivity contribution in [1.82, 2.24) is 4.68 Å². The van der Waals surface area contributed by atoms with Crippen LogP contribution in [0.5, 0.6) is 5.75 Å². The highest BCUT2D eigenvalue weighted by molar-refractivity contribution is 6.02. The number of methoxy groups -OCH3 is 1. The van der Waals surface area contributed by atoms with Crippen LogP contribution in [-0.4, -0.2) is 24.4 Å². The van der Waals surface area contributed by atoms with Crippen LogP contribution in [0.2, 0.25) is 0 Å². The number of oxazole rings is 1. The standard InChI is InChI=1S/C21H21N3O5/c1-4-28-19-16-11-10-15(27-3)12-17(16)23(24-18(19)13(2)29-21(24)26)20(25)22-14-8-6-5-7-9-14/h5-12,19H,4H2,1-3H3,(H,22,25). The summed E-state index contributed by atoms with van der Waals surface area (Å²) >= 11 is 0. The van der Waals surface area contributed by atoms with Crippen LogP contribution in [0.1, 0.15) is 30.0 Å². The van der Waals surface area contributed by atoms with Crippen molar-refractivity contribution in [2.24, 2.45) is 0 Å². The molecule has 0 bridgehead atoms. The fourth-order valence-corrected chi connectivity index (χ4v) is 3.50. The van der Waals surface area contributed by atoms with E-state index in [9.17, 15) is 9.59 Å². The number of nitrogens with one attached hydrogen (secondary N) is 1. The summed E-state index contributed by atoms with van der Waals surface area (Å²) in [6.45, 7) is 3.97. The molecule has 4 rings (SSSR count). The summed E-state index contributed by atoms with van der Waals surface area (Å²) in [6, 6.07) is 13.8. The van der Waals surface area contributed by atoms with E-state index in [1.165, 1.54) is 9.69 Å². The lowest BCUT2D eigenvalue weighted by Crippen LogP contribution is -2.48. The topological polar surface area (TPSA) is 85.9 Å². The molecule has 29 heavy (non-hydrogen) atoms. The Balaban J connectivity index is 1.90. The number of carbonyl (C=O) groups excluding carboxylic acids is 1. The number of para-hydroxylation sites is 1. The third-order valence-electron chi connectivity index (χ3n) is 4.75. The van der Waals surface area contributed by atoms with E-state index in [0.29, 0.717) is 35.2 Å². The zero-order valence-corrected chi connectivity index (χ0v) is 16.3. The van der Waals surface area contributed by atoms with E-state index in [1.807, 2.05) is 31.2 Å². The first-order chi connectivity index (χ1) is 14.0. The highest BCUT2D eigenvalue weighted by atomic mass is 16.5. The number of benzene rings is 2. The molecule has 2 heterocycles. The third kappa shape index (κ3) is 3.17. The molecule has 1 unspecified atom stereocenters. The number of anilines is 2. The van der Waals surface area contributed by atoms with Crippen molar-refractivity contribution in [3.05, 3.63) is 76.1 Å². The zero-order chi connectivity index (χ0) is 20.5. The predicted octanol–water partition coefficient (Wildman–Crippen LogP) is 3.70. The van der Waals surface area contributed by atoms with Crippen molar-refractivity contribution >= 4 is 17.4 Å². The molecule has 0 saturated carbocycles. The van der Waals surface area contributed by atoms with E-state index < -0.39 is 17.9 Å². The molecule has 8 nitrogen and oxygen atoms in total. The second-order valence-corrected chi connectivity index (χ2v) is 6.49. The van der Waals surface area contributed by atoms with Gasteiger partial charge >= 0.3 is 11.8 Å². The van der Waals surface area contributed by atoms with Gasteiger partial charge in [0.15, 0.2) is 0 Å². The van der Waals surface area contributed by atoms with Gasteiger partial charge in [-0.25, -0.2) is 9.59 Å². The second-order valence-electron chi connectivity index (χ2n) is 6.49. The van der Waals surface area contributed by atoms with Gasteiger partial charge in [0.05, 0.1) is 12.8 Å².